The van der Waals surface area contributed by atoms with Gasteiger partial charge in [-0.25, -0.2) is 4.98 Å². The van der Waals surface area contributed by atoms with Crippen LogP contribution in [-0.2, 0) is 0 Å². The number of benzene rings is 1. The number of anilines is 1. The molecule has 72 valence electrons. The van der Waals surface area contributed by atoms with Crippen molar-refractivity contribution in [3.8, 4) is 10.6 Å². The predicted molar refractivity (Wildman–Crippen MR) is 63.7 cm³/mol. The van der Waals surface area contributed by atoms with E-state index in [2.05, 4.69) is 35.5 Å². The van der Waals surface area contributed by atoms with Crippen LogP contribution in [0.4, 0.5) is 5.82 Å². The highest BCUT2D eigenvalue weighted by atomic mass is 32.2. The molecule has 0 fully saturated rings. The van der Waals surface area contributed by atoms with Crippen molar-refractivity contribution in [2.24, 2.45) is 0 Å². The third kappa shape index (κ3) is 1.91. The summed E-state index contributed by atoms with van der Waals surface area (Å²) in [5, 5.41) is 2.84. The first-order chi connectivity index (χ1) is 6.79. The smallest absolute Gasteiger partial charge is 0.135 e. The minimum absolute atomic E-state index is 0.596. The SMILES string of the molecule is CSc1ccc(-c2nc(N)cs2)cc1. The standard InChI is InChI=1S/C10H10N2S2/c1-13-8-4-2-7(3-5-8)10-12-9(11)6-14-10/h2-6H,11H2,1H3. The minimum atomic E-state index is 0.596. The van der Waals surface area contributed by atoms with Crippen LogP contribution >= 0.6 is 23.1 Å². The van der Waals surface area contributed by atoms with E-state index in [0.29, 0.717) is 5.82 Å². The maximum atomic E-state index is 5.57. The largest absolute Gasteiger partial charge is 0.383 e. The highest BCUT2D eigenvalue weighted by Crippen LogP contribution is 2.26. The Labute approximate surface area is 91.2 Å². The third-order valence-electron chi connectivity index (χ3n) is 1.86. The summed E-state index contributed by atoms with van der Waals surface area (Å²) in [4.78, 5) is 5.49. The van der Waals surface area contributed by atoms with Gasteiger partial charge in [0.25, 0.3) is 0 Å². The van der Waals surface area contributed by atoms with E-state index in [1.54, 1.807) is 23.1 Å². The zero-order valence-electron chi connectivity index (χ0n) is 7.73. The van der Waals surface area contributed by atoms with Gasteiger partial charge in [0.05, 0.1) is 0 Å². The molecule has 0 atom stereocenters. The van der Waals surface area contributed by atoms with Crippen LogP contribution in [0.1, 0.15) is 0 Å². The van der Waals surface area contributed by atoms with Crippen LogP contribution in [0.15, 0.2) is 34.5 Å². The second-order valence-corrected chi connectivity index (χ2v) is 4.54. The molecule has 1 heterocycles. The number of aromatic nitrogens is 1. The van der Waals surface area contributed by atoms with Crippen molar-refractivity contribution in [2.75, 3.05) is 12.0 Å². The summed E-state index contributed by atoms with van der Waals surface area (Å²) in [6, 6.07) is 8.34. The molecule has 0 aliphatic heterocycles. The fourth-order valence-electron chi connectivity index (χ4n) is 1.15. The van der Waals surface area contributed by atoms with Crippen LogP contribution < -0.4 is 5.73 Å². The van der Waals surface area contributed by atoms with Crippen molar-refractivity contribution in [2.45, 2.75) is 4.90 Å². The molecule has 2 aromatic rings. The Balaban J connectivity index is 2.33. The zero-order valence-corrected chi connectivity index (χ0v) is 9.36. The Morgan fingerprint density at radius 1 is 1.29 bits per heavy atom. The lowest BCUT2D eigenvalue weighted by molar-refractivity contribution is 1.39. The van der Waals surface area contributed by atoms with Crippen molar-refractivity contribution >= 4 is 28.9 Å². The van der Waals surface area contributed by atoms with Gasteiger partial charge in [-0.15, -0.1) is 23.1 Å². The Kier molecular flexibility index (Phi) is 2.74. The topological polar surface area (TPSA) is 38.9 Å². The molecule has 0 bridgehead atoms. The molecular weight excluding hydrogens is 212 g/mol. The molecule has 0 saturated carbocycles. The van der Waals surface area contributed by atoms with Gasteiger partial charge in [0.15, 0.2) is 0 Å². The summed E-state index contributed by atoms with van der Waals surface area (Å²) >= 11 is 3.31. The number of nitrogens with zero attached hydrogens (tertiary/aromatic N) is 1. The van der Waals surface area contributed by atoms with E-state index in [-0.39, 0.29) is 0 Å². The van der Waals surface area contributed by atoms with E-state index in [9.17, 15) is 0 Å². The van der Waals surface area contributed by atoms with Gasteiger partial charge in [0.2, 0.25) is 0 Å². The summed E-state index contributed by atoms with van der Waals surface area (Å²) in [7, 11) is 0. The Bertz CT molecular complexity index is 420. The molecular formula is C10H10N2S2. The van der Waals surface area contributed by atoms with Crippen molar-refractivity contribution in [1.82, 2.24) is 4.98 Å². The average Bonchev–Trinajstić information content (AvgIpc) is 2.65. The van der Waals surface area contributed by atoms with Gasteiger partial charge in [-0.05, 0) is 18.4 Å². The van der Waals surface area contributed by atoms with Gasteiger partial charge in [0.1, 0.15) is 10.8 Å². The van der Waals surface area contributed by atoms with E-state index >= 15 is 0 Å². The maximum Gasteiger partial charge on any atom is 0.135 e. The summed E-state index contributed by atoms with van der Waals surface area (Å²) in [6.45, 7) is 0. The Morgan fingerprint density at radius 2 is 2.00 bits per heavy atom. The van der Waals surface area contributed by atoms with Crippen molar-refractivity contribution in [1.29, 1.82) is 0 Å². The second-order valence-electron chi connectivity index (χ2n) is 2.81. The van der Waals surface area contributed by atoms with Crippen LogP contribution in [-0.4, -0.2) is 11.2 Å². The average molecular weight is 222 g/mol. The van der Waals surface area contributed by atoms with Crippen LogP contribution in [0.3, 0.4) is 0 Å². The first kappa shape index (κ1) is 9.55. The van der Waals surface area contributed by atoms with Gasteiger partial charge in [0, 0.05) is 15.8 Å². The van der Waals surface area contributed by atoms with E-state index < -0.39 is 0 Å². The van der Waals surface area contributed by atoms with E-state index in [1.165, 1.54) is 4.90 Å². The van der Waals surface area contributed by atoms with Crippen LogP contribution in [0, 0.1) is 0 Å². The maximum absolute atomic E-state index is 5.57. The monoisotopic (exact) mass is 222 g/mol. The number of thiazole rings is 1. The van der Waals surface area contributed by atoms with Crippen LogP contribution in [0.5, 0.6) is 0 Å². The number of nitrogens with two attached hydrogens (primary N) is 1. The lowest BCUT2D eigenvalue weighted by Crippen LogP contribution is -1.83. The van der Waals surface area contributed by atoms with E-state index in [1.807, 2.05) is 5.38 Å². The molecule has 0 unspecified atom stereocenters. The highest BCUT2D eigenvalue weighted by Gasteiger charge is 2.01. The first-order valence-electron chi connectivity index (χ1n) is 4.15. The van der Waals surface area contributed by atoms with Crippen LogP contribution in [0.25, 0.3) is 10.6 Å². The van der Waals surface area contributed by atoms with Crippen LogP contribution in [0.2, 0.25) is 0 Å². The molecule has 1 aromatic carbocycles. The van der Waals surface area contributed by atoms with E-state index in [0.717, 1.165) is 10.6 Å². The van der Waals surface area contributed by atoms with Crippen molar-refractivity contribution in [3.05, 3.63) is 29.6 Å². The number of rotatable bonds is 2. The minimum Gasteiger partial charge on any atom is -0.383 e. The molecule has 4 heteroatoms. The number of thioether (sulfide) groups is 1. The molecule has 0 saturated heterocycles. The molecule has 0 aliphatic rings. The van der Waals surface area contributed by atoms with Gasteiger partial charge in [-0.2, -0.15) is 0 Å². The molecule has 14 heavy (non-hydrogen) atoms. The van der Waals surface area contributed by atoms with Gasteiger partial charge < -0.3 is 5.73 Å². The van der Waals surface area contributed by atoms with E-state index in [4.69, 9.17) is 5.73 Å². The Hall–Kier alpha value is -1.00. The van der Waals surface area contributed by atoms with Crippen molar-refractivity contribution < 1.29 is 0 Å². The summed E-state index contributed by atoms with van der Waals surface area (Å²) < 4.78 is 0. The summed E-state index contributed by atoms with van der Waals surface area (Å²) in [6.07, 6.45) is 2.07. The molecule has 2 N–H and O–H groups in total. The number of nitrogen functional groups attached to an aromatic ring is 1. The molecule has 0 radical (unpaired) electrons. The summed E-state index contributed by atoms with van der Waals surface area (Å²) in [5.41, 5.74) is 6.70. The normalized spacial score (nSPS) is 10.4. The lowest BCUT2D eigenvalue weighted by Gasteiger charge is -1.97. The molecule has 0 aliphatic carbocycles. The molecule has 2 rings (SSSR count). The van der Waals surface area contributed by atoms with Gasteiger partial charge in [-0.3, -0.25) is 0 Å². The summed E-state index contributed by atoms with van der Waals surface area (Å²) in [5.74, 6) is 0.596. The molecule has 1 aromatic heterocycles. The second kappa shape index (κ2) is 4.02. The fourth-order valence-corrected chi connectivity index (χ4v) is 2.28. The quantitative estimate of drug-likeness (QED) is 0.793. The molecule has 0 amide bonds. The Morgan fingerprint density at radius 3 is 2.50 bits per heavy atom. The predicted octanol–water partition coefficient (Wildman–Crippen LogP) is 3.11. The zero-order chi connectivity index (χ0) is 9.97. The third-order valence-corrected chi connectivity index (χ3v) is 3.51. The van der Waals surface area contributed by atoms with Gasteiger partial charge >= 0.3 is 0 Å². The lowest BCUT2D eigenvalue weighted by atomic mass is 10.2. The highest BCUT2D eigenvalue weighted by molar-refractivity contribution is 7.98. The fraction of sp³-hybridized carbons (Fsp3) is 0.100. The van der Waals surface area contributed by atoms with Crippen molar-refractivity contribution in [3.63, 3.8) is 0 Å². The van der Waals surface area contributed by atoms with Gasteiger partial charge in [-0.1, -0.05) is 12.1 Å². The number of hydrogen-bond donors (Lipinski definition) is 1. The molecule has 2 nitrogen and oxygen atoms in total. The number of hydrogen-bond acceptors (Lipinski definition) is 4. The first-order valence-corrected chi connectivity index (χ1v) is 6.25. The molecule has 0 spiro atoms.